The lowest BCUT2D eigenvalue weighted by atomic mass is 9.65. The van der Waals surface area contributed by atoms with Gasteiger partial charge in [-0.3, -0.25) is 4.79 Å². The molecule has 4 aliphatic rings. The van der Waals surface area contributed by atoms with Crippen LogP contribution in [0.2, 0.25) is 5.02 Å². The van der Waals surface area contributed by atoms with Crippen LogP contribution in [0, 0.1) is 23.7 Å². The van der Waals surface area contributed by atoms with Crippen LogP contribution in [0.25, 0.3) is 0 Å². The van der Waals surface area contributed by atoms with Crippen molar-refractivity contribution in [3.8, 4) is 5.75 Å². The number of hydrogen-bond acceptors (Lipinski definition) is 9. The fourth-order valence-electron chi connectivity index (χ4n) is 8.46. The van der Waals surface area contributed by atoms with Crippen LogP contribution in [-0.4, -0.2) is 90.9 Å². The van der Waals surface area contributed by atoms with Crippen molar-refractivity contribution in [3.05, 3.63) is 58.1 Å². The predicted molar refractivity (Wildman–Crippen MR) is 200 cm³/mol. The van der Waals surface area contributed by atoms with Gasteiger partial charge in [0.25, 0.3) is 5.91 Å². The Kier molecular flexibility index (Phi) is 12.9. The molecule has 0 radical (unpaired) electrons. The highest BCUT2D eigenvalue weighted by atomic mass is 35.5. The Morgan fingerprint density at radius 3 is 2.51 bits per heavy atom. The van der Waals surface area contributed by atoms with Crippen molar-refractivity contribution in [2.75, 3.05) is 59.0 Å². The number of benzene rings is 2. The van der Waals surface area contributed by atoms with Crippen molar-refractivity contribution >= 4 is 33.2 Å². The maximum Gasteiger partial charge on any atom is 0.264 e. The number of halogens is 1. The predicted octanol–water partition coefficient (Wildman–Crippen LogP) is 6.29. The van der Waals surface area contributed by atoms with Gasteiger partial charge >= 0.3 is 0 Å². The molecular formula is C39H56ClN3O7S. The summed E-state index contributed by atoms with van der Waals surface area (Å²) in [6.45, 7) is 5.48. The molecule has 51 heavy (non-hydrogen) atoms. The summed E-state index contributed by atoms with van der Waals surface area (Å²) >= 11 is 6.39. The Labute approximate surface area is 309 Å². The summed E-state index contributed by atoms with van der Waals surface area (Å²) in [4.78, 5) is 18.3. The topological polar surface area (TPSA) is 107 Å². The van der Waals surface area contributed by atoms with E-state index in [0.29, 0.717) is 60.8 Å². The first-order valence-electron chi connectivity index (χ1n) is 18.8. The number of amides is 1. The Morgan fingerprint density at radius 1 is 0.980 bits per heavy atom. The molecule has 2 fully saturated rings. The average Bonchev–Trinajstić information content (AvgIpc) is 3.12. The van der Waals surface area contributed by atoms with Gasteiger partial charge < -0.3 is 28.7 Å². The maximum absolute atomic E-state index is 13.9. The van der Waals surface area contributed by atoms with Gasteiger partial charge in [0.2, 0.25) is 10.0 Å². The standard InChI is InChI=1S/C39H56ClN3O7S/c1-26-8-7-10-34(39-49-24-32(25-50-39)42(2)3)33-15-12-29(33)22-43-18-6-5-9-27-20-31(40)14-11-30(27)23-48-36-16-13-28(21-35(36)43)38(44)41-51(45,46)37(26)17-19-47-4/h11,13-14,16,20-21,26,29,32-34,37,39H,5-10,12,15,17-19,22-25H2,1-4H3,(H,41,44)/t26-,29-,32-,33+,34-,37+,39-/m0/s1. The number of carbonyl (C=O) groups is 1. The highest BCUT2D eigenvalue weighted by molar-refractivity contribution is 7.90. The van der Waals surface area contributed by atoms with Gasteiger partial charge in [0.15, 0.2) is 6.29 Å². The number of rotatable bonds is 5. The molecule has 3 heterocycles. The normalized spacial score (nSPS) is 30.5. The van der Waals surface area contributed by atoms with E-state index in [0.717, 1.165) is 69.3 Å². The first-order valence-corrected chi connectivity index (χ1v) is 20.7. The molecule has 1 amide bonds. The van der Waals surface area contributed by atoms with Crippen LogP contribution < -0.4 is 14.4 Å². The summed E-state index contributed by atoms with van der Waals surface area (Å²) < 4.78 is 55.1. The smallest absolute Gasteiger partial charge is 0.264 e. The number of methoxy groups -OCH3 is 1. The van der Waals surface area contributed by atoms with Gasteiger partial charge in [-0.15, -0.1) is 0 Å². The summed E-state index contributed by atoms with van der Waals surface area (Å²) in [6.07, 6.45) is 7.48. The number of nitrogens with one attached hydrogen (secondary N) is 1. The third-order valence-corrected chi connectivity index (χ3v) is 14.0. The lowest BCUT2D eigenvalue weighted by Gasteiger charge is -2.48. The fraction of sp³-hybridized carbons (Fsp3) is 0.667. The molecule has 3 aliphatic heterocycles. The zero-order chi connectivity index (χ0) is 36.1. The highest BCUT2D eigenvalue weighted by Crippen LogP contribution is 2.46. The lowest BCUT2D eigenvalue weighted by molar-refractivity contribution is -0.240. The molecule has 0 aromatic heterocycles. The second kappa shape index (κ2) is 17.2. The number of hydrogen-bond donors (Lipinski definition) is 1. The molecule has 1 saturated heterocycles. The molecule has 6 rings (SSSR count). The van der Waals surface area contributed by atoms with Crippen molar-refractivity contribution in [1.29, 1.82) is 0 Å². The average molecular weight is 746 g/mol. The molecule has 12 heteroatoms. The largest absolute Gasteiger partial charge is 0.487 e. The molecule has 1 saturated carbocycles. The zero-order valence-electron chi connectivity index (χ0n) is 30.7. The number of ether oxygens (including phenoxy) is 4. The molecule has 1 aliphatic carbocycles. The lowest BCUT2D eigenvalue weighted by Crippen LogP contribution is -2.50. The van der Waals surface area contributed by atoms with Crippen LogP contribution in [0.3, 0.4) is 0 Å². The molecular weight excluding hydrogens is 690 g/mol. The second-order valence-corrected chi connectivity index (χ2v) is 17.6. The quantitative estimate of drug-likeness (QED) is 0.378. The monoisotopic (exact) mass is 745 g/mol. The minimum Gasteiger partial charge on any atom is -0.487 e. The van der Waals surface area contributed by atoms with E-state index < -0.39 is 21.2 Å². The van der Waals surface area contributed by atoms with Crippen molar-refractivity contribution in [2.45, 2.75) is 88.9 Å². The van der Waals surface area contributed by atoms with Crippen LogP contribution in [0.5, 0.6) is 5.75 Å². The van der Waals surface area contributed by atoms with Crippen molar-refractivity contribution in [1.82, 2.24) is 9.62 Å². The van der Waals surface area contributed by atoms with E-state index in [9.17, 15) is 13.2 Å². The van der Waals surface area contributed by atoms with Crippen LogP contribution in [0.4, 0.5) is 5.69 Å². The second-order valence-electron chi connectivity index (χ2n) is 15.3. The summed E-state index contributed by atoms with van der Waals surface area (Å²) in [5, 5.41) is -0.0613. The van der Waals surface area contributed by atoms with Gasteiger partial charge in [-0.05, 0) is 125 Å². The van der Waals surface area contributed by atoms with Gasteiger partial charge in [0.1, 0.15) is 12.4 Å². The molecule has 1 N–H and O–H groups in total. The van der Waals surface area contributed by atoms with E-state index in [1.165, 1.54) is 5.56 Å². The van der Waals surface area contributed by atoms with E-state index in [1.54, 1.807) is 13.2 Å². The van der Waals surface area contributed by atoms with Crippen molar-refractivity contribution in [2.24, 2.45) is 23.7 Å². The SMILES string of the molecule is COCC[C@@H]1[C@@H](C)CCC[C@H]([C@H]2OC[C@H](N(C)C)CO2)[C@@H]2CC[C@H]2CN2CCCCc3cc(Cl)ccc3COc3ccc(cc32)C(=O)NS1(=O)=O. The number of anilines is 1. The van der Waals surface area contributed by atoms with Gasteiger partial charge in [0.05, 0.1) is 30.2 Å². The summed E-state index contributed by atoms with van der Waals surface area (Å²) in [7, 11) is 1.67. The van der Waals surface area contributed by atoms with Crippen LogP contribution in [0.15, 0.2) is 36.4 Å². The van der Waals surface area contributed by atoms with E-state index in [4.69, 9.17) is 30.5 Å². The van der Waals surface area contributed by atoms with E-state index in [-0.39, 0.29) is 30.8 Å². The molecule has 2 aromatic rings. The summed E-state index contributed by atoms with van der Waals surface area (Å²) in [5.74, 6) is 0.884. The minimum atomic E-state index is -4.02. The van der Waals surface area contributed by atoms with Crippen molar-refractivity contribution in [3.63, 3.8) is 0 Å². The minimum absolute atomic E-state index is 0.184. The Hall–Kier alpha value is -2.41. The molecule has 2 aromatic carbocycles. The van der Waals surface area contributed by atoms with Gasteiger partial charge in [0, 0.05) is 43.3 Å². The van der Waals surface area contributed by atoms with E-state index in [2.05, 4.69) is 28.6 Å². The molecule has 0 spiro atoms. The number of carbonyl (C=O) groups excluding carboxylic acids is 1. The van der Waals surface area contributed by atoms with Gasteiger partial charge in [-0.25, -0.2) is 13.1 Å². The van der Waals surface area contributed by atoms with E-state index in [1.807, 2.05) is 37.3 Å². The summed E-state index contributed by atoms with van der Waals surface area (Å²) in [5.41, 5.74) is 3.38. The fourth-order valence-corrected chi connectivity index (χ4v) is 10.3. The maximum atomic E-state index is 13.9. The molecule has 282 valence electrons. The molecule has 5 atom stereocenters. The Balaban J connectivity index is 1.36. The van der Waals surface area contributed by atoms with E-state index >= 15 is 0 Å². The van der Waals surface area contributed by atoms with Crippen molar-refractivity contribution < 1.29 is 32.2 Å². The number of fused-ring (bicyclic) bond motifs is 3. The first-order chi connectivity index (χ1) is 24.5. The van der Waals surface area contributed by atoms with Crippen LogP contribution >= 0.6 is 11.6 Å². The highest BCUT2D eigenvalue weighted by Gasteiger charge is 2.44. The Morgan fingerprint density at radius 2 is 1.78 bits per heavy atom. The third-order valence-electron chi connectivity index (χ3n) is 11.8. The first kappa shape index (κ1) is 38.3. The van der Waals surface area contributed by atoms with Gasteiger partial charge in [-0.2, -0.15) is 0 Å². The summed E-state index contributed by atoms with van der Waals surface area (Å²) in [6, 6.07) is 11.5. The number of sulfonamides is 1. The van der Waals surface area contributed by atoms with Gasteiger partial charge in [-0.1, -0.05) is 31.0 Å². The number of aryl methyl sites for hydroxylation is 1. The van der Waals surface area contributed by atoms with Crippen LogP contribution in [-0.2, 0) is 37.3 Å². The molecule has 0 unspecified atom stereocenters. The molecule has 2 bridgehead atoms. The van der Waals surface area contributed by atoms with Crippen LogP contribution in [0.1, 0.15) is 79.8 Å². The third kappa shape index (κ3) is 9.22. The molecule has 10 nitrogen and oxygen atoms in total. The zero-order valence-corrected chi connectivity index (χ0v) is 32.2. The number of nitrogens with zero attached hydrogens (tertiary/aromatic N) is 2. The Bertz CT molecular complexity index is 1600. The number of likely N-dealkylation sites (N-methyl/N-ethyl adjacent to an activating group) is 1.